The summed E-state index contributed by atoms with van der Waals surface area (Å²) in [5.74, 6) is 4.10. The van der Waals surface area contributed by atoms with E-state index in [1.165, 1.54) is 50.6 Å². The zero-order valence-electron chi connectivity index (χ0n) is 12.3. The van der Waals surface area contributed by atoms with E-state index in [-0.39, 0.29) is 0 Å². The lowest BCUT2D eigenvalue weighted by Crippen LogP contribution is -2.51. The Labute approximate surface area is 122 Å². The molecule has 6 rings (SSSR count). The lowest BCUT2D eigenvalue weighted by molar-refractivity contribution is 0.00754. The number of aryl methyl sites for hydroxylation is 2. The van der Waals surface area contributed by atoms with Gasteiger partial charge in [-0.1, -0.05) is 6.07 Å². The van der Waals surface area contributed by atoms with Gasteiger partial charge in [0.05, 0.1) is 0 Å². The third-order valence-corrected chi connectivity index (χ3v) is 6.66. The topological polar surface area (TPSA) is 12.0 Å². The van der Waals surface area contributed by atoms with Crippen molar-refractivity contribution in [2.75, 3.05) is 5.32 Å². The highest BCUT2D eigenvalue weighted by Crippen LogP contribution is 2.54. The maximum absolute atomic E-state index is 3.95. The van der Waals surface area contributed by atoms with Crippen molar-refractivity contribution in [3.8, 4) is 0 Å². The summed E-state index contributed by atoms with van der Waals surface area (Å²) >= 11 is 0. The van der Waals surface area contributed by atoms with Crippen LogP contribution in [-0.4, -0.2) is 6.04 Å². The van der Waals surface area contributed by atoms with E-state index in [9.17, 15) is 0 Å². The van der Waals surface area contributed by atoms with E-state index in [0.29, 0.717) is 0 Å². The summed E-state index contributed by atoms with van der Waals surface area (Å²) in [5.41, 5.74) is 4.61. The van der Waals surface area contributed by atoms with Crippen molar-refractivity contribution < 1.29 is 0 Å². The average molecular weight is 267 g/mol. The Kier molecular flexibility index (Phi) is 2.48. The molecule has 4 saturated carbocycles. The largest absolute Gasteiger partial charge is 0.382 e. The van der Waals surface area contributed by atoms with Gasteiger partial charge in [0.15, 0.2) is 0 Å². The van der Waals surface area contributed by atoms with Gasteiger partial charge in [0.25, 0.3) is 0 Å². The van der Waals surface area contributed by atoms with Gasteiger partial charge in [0.1, 0.15) is 0 Å². The smallest absolute Gasteiger partial charge is 0.0345 e. The second-order valence-electron chi connectivity index (χ2n) is 7.94. The SMILES string of the molecule is c1cc2c(cc1NC1C3CC4CC(C3)CC1C4)CCC2. The van der Waals surface area contributed by atoms with Crippen molar-refractivity contribution in [3.63, 3.8) is 0 Å². The number of nitrogens with one attached hydrogen (secondary N) is 1. The normalized spacial score (nSPS) is 40.9. The van der Waals surface area contributed by atoms with Gasteiger partial charge in [-0.05, 0) is 98.3 Å². The first-order chi connectivity index (χ1) is 9.85. The predicted octanol–water partition coefficient (Wildman–Crippen LogP) is 4.41. The van der Waals surface area contributed by atoms with Gasteiger partial charge in [-0.25, -0.2) is 0 Å². The van der Waals surface area contributed by atoms with Crippen LogP contribution in [0.1, 0.15) is 49.7 Å². The van der Waals surface area contributed by atoms with Gasteiger partial charge in [-0.2, -0.15) is 0 Å². The van der Waals surface area contributed by atoms with Crippen LogP contribution in [0.2, 0.25) is 0 Å². The number of hydrogen-bond acceptors (Lipinski definition) is 1. The Hall–Kier alpha value is -0.980. The van der Waals surface area contributed by atoms with Crippen LogP contribution >= 0.6 is 0 Å². The van der Waals surface area contributed by atoms with E-state index in [1.54, 1.807) is 17.5 Å². The molecule has 4 fully saturated rings. The maximum atomic E-state index is 3.95. The third-order valence-electron chi connectivity index (χ3n) is 6.66. The molecule has 1 heteroatoms. The summed E-state index contributed by atoms with van der Waals surface area (Å²) < 4.78 is 0. The number of rotatable bonds is 2. The molecule has 1 aromatic carbocycles. The monoisotopic (exact) mass is 267 g/mol. The molecule has 0 heterocycles. The van der Waals surface area contributed by atoms with E-state index in [1.807, 2.05) is 0 Å². The maximum Gasteiger partial charge on any atom is 0.0345 e. The average Bonchev–Trinajstić information content (AvgIpc) is 2.89. The Morgan fingerprint density at radius 1 is 0.800 bits per heavy atom. The molecule has 0 saturated heterocycles. The molecule has 1 aromatic rings. The third kappa shape index (κ3) is 1.75. The van der Waals surface area contributed by atoms with Gasteiger partial charge in [-0.3, -0.25) is 0 Å². The van der Waals surface area contributed by atoms with Crippen molar-refractivity contribution >= 4 is 5.69 Å². The van der Waals surface area contributed by atoms with Gasteiger partial charge in [0, 0.05) is 11.7 Å². The van der Waals surface area contributed by atoms with Crippen LogP contribution in [-0.2, 0) is 12.8 Å². The van der Waals surface area contributed by atoms with Crippen LogP contribution in [0.4, 0.5) is 5.69 Å². The molecule has 0 radical (unpaired) electrons. The fourth-order valence-electron chi connectivity index (χ4n) is 6.01. The number of hydrogen-bond donors (Lipinski definition) is 1. The van der Waals surface area contributed by atoms with Crippen molar-refractivity contribution in [3.05, 3.63) is 29.3 Å². The minimum Gasteiger partial charge on any atom is -0.382 e. The zero-order valence-corrected chi connectivity index (χ0v) is 12.3. The molecular weight excluding hydrogens is 242 g/mol. The first-order valence-corrected chi connectivity index (χ1v) is 8.73. The molecule has 0 atom stereocenters. The molecule has 1 N–H and O–H groups in total. The van der Waals surface area contributed by atoms with E-state index in [2.05, 4.69) is 23.5 Å². The highest BCUT2D eigenvalue weighted by molar-refractivity contribution is 5.51. The Morgan fingerprint density at radius 3 is 2.25 bits per heavy atom. The van der Waals surface area contributed by atoms with Crippen molar-refractivity contribution in [1.82, 2.24) is 0 Å². The van der Waals surface area contributed by atoms with Crippen molar-refractivity contribution in [2.24, 2.45) is 23.7 Å². The summed E-state index contributed by atoms with van der Waals surface area (Å²) in [6.07, 6.45) is 11.5. The van der Waals surface area contributed by atoms with E-state index < -0.39 is 0 Å². The van der Waals surface area contributed by atoms with Crippen LogP contribution in [0.25, 0.3) is 0 Å². The molecule has 20 heavy (non-hydrogen) atoms. The van der Waals surface area contributed by atoms with E-state index in [4.69, 9.17) is 0 Å². The second-order valence-corrected chi connectivity index (χ2v) is 7.94. The molecule has 106 valence electrons. The number of anilines is 1. The molecule has 0 amide bonds. The summed E-state index contributed by atoms with van der Waals surface area (Å²) in [6, 6.07) is 7.95. The zero-order chi connectivity index (χ0) is 13.1. The summed E-state index contributed by atoms with van der Waals surface area (Å²) in [7, 11) is 0. The van der Waals surface area contributed by atoms with Crippen LogP contribution in [0.15, 0.2) is 18.2 Å². The first kappa shape index (κ1) is 11.7. The fourth-order valence-corrected chi connectivity index (χ4v) is 6.01. The van der Waals surface area contributed by atoms with Crippen LogP contribution in [0.3, 0.4) is 0 Å². The van der Waals surface area contributed by atoms with Gasteiger partial charge >= 0.3 is 0 Å². The minimum absolute atomic E-state index is 0.780. The number of benzene rings is 1. The molecule has 5 aliphatic carbocycles. The minimum atomic E-state index is 0.780. The molecule has 0 aliphatic heterocycles. The molecule has 5 aliphatic rings. The van der Waals surface area contributed by atoms with Crippen LogP contribution < -0.4 is 5.32 Å². The highest BCUT2D eigenvalue weighted by atomic mass is 14.9. The molecule has 0 spiro atoms. The van der Waals surface area contributed by atoms with E-state index >= 15 is 0 Å². The van der Waals surface area contributed by atoms with Gasteiger partial charge < -0.3 is 5.32 Å². The lowest BCUT2D eigenvalue weighted by atomic mass is 9.54. The standard InChI is InChI=1S/C19H25N/c1-2-14-4-5-18(11-15(14)3-1)20-19-16-7-12-6-13(9-16)10-17(19)8-12/h4-5,11-13,16-17,19-20H,1-3,6-10H2. The molecule has 0 unspecified atom stereocenters. The van der Waals surface area contributed by atoms with Gasteiger partial charge in [-0.15, -0.1) is 0 Å². The Balaban J connectivity index is 1.39. The fraction of sp³-hybridized carbons (Fsp3) is 0.684. The second kappa shape index (κ2) is 4.26. The van der Waals surface area contributed by atoms with E-state index in [0.717, 1.165) is 29.7 Å². The Morgan fingerprint density at radius 2 is 1.50 bits per heavy atom. The summed E-state index contributed by atoms with van der Waals surface area (Å²) in [6.45, 7) is 0. The first-order valence-electron chi connectivity index (χ1n) is 8.73. The van der Waals surface area contributed by atoms with Crippen molar-refractivity contribution in [1.29, 1.82) is 0 Å². The quantitative estimate of drug-likeness (QED) is 0.837. The summed E-state index contributed by atoms with van der Waals surface area (Å²) in [4.78, 5) is 0. The molecule has 4 bridgehead atoms. The van der Waals surface area contributed by atoms with Crippen LogP contribution in [0, 0.1) is 23.7 Å². The predicted molar refractivity (Wildman–Crippen MR) is 82.9 cm³/mol. The Bertz CT molecular complexity index is 505. The molecule has 1 nitrogen and oxygen atoms in total. The molecule has 0 aromatic heterocycles. The lowest BCUT2D eigenvalue weighted by Gasteiger charge is -2.54. The summed E-state index contributed by atoms with van der Waals surface area (Å²) in [5, 5.41) is 3.95. The highest BCUT2D eigenvalue weighted by Gasteiger charge is 2.48. The van der Waals surface area contributed by atoms with Gasteiger partial charge in [0.2, 0.25) is 0 Å². The molecular formula is C19H25N. The van der Waals surface area contributed by atoms with Crippen molar-refractivity contribution in [2.45, 2.75) is 57.4 Å². The number of fused-ring (bicyclic) bond motifs is 1. The van der Waals surface area contributed by atoms with Crippen LogP contribution in [0.5, 0.6) is 0 Å².